The molecule has 13 nitrogen and oxygen atoms in total. The third-order valence-electron chi connectivity index (χ3n) is 4.30. The molecule has 4 atom stereocenters. The van der Waals surface area contributed by atoms with Gasteiger partial charge in [-0.15, -0.1) is 0 Å². The zero-order valence-corrected chi connectivity index (χ0v) is 17.1. The summed E-state index contributed by atoms with van der Waals surface area (Å²) in [6, 6.07) is 1.82. The molecule has 0 aromatic carbocycles. The van der Waals surface area contributed by atoms with Crippen LogP contribution in [0.2, 0.25) is 0 Å². The smallest absolute Gasteiger partial charge is 0.303 e. The van der Waals surface area contributed by atoms with E-state index < -0.39 is 42.4 Å². The molecule has 2 aromatic rings. The van der Waals surface area contributed by atoms with Gasteiger partial charge in [-0.1, -0.05) is 0 Å². The molecule has 1 aliphatic heterocycles. The van der Waals surface area contributed by atoms with Crippen molar-refractivity contribution in [1.29, 1.82) is 5.26 Å². The number of hydrogen-bond donors (Lipinski definition) is 0. The highest BCUT2D eigenvalue weighted by molar-refractivity contribution is 5.77. The zero-order chi connectivity index (χ0) is 22.7. The number of aromatic nitrogens is 4. The van der Waals surface area contributed by atoms with Crippen LogP contribution in [0.15, 0.2) is 6.33 Å². The molecule has 1 saturated heterocycles. The van der Waals surface area contributed by atoms with Gasteiger partial charge in [0.15, 0.2) is 29.6 Å². The maximum atomic E-state index is 11.8. The van der Waals surface area contributed by atoms with Gasteiger partial charge in [-0.3, -0.25) is 19.0 Å². The van der Waals surface area contributed by atoms with E-state index in [2.05, 4.69) is 15.0 Å². The van der Waals surface area contributed by atoms with Crippen molar-refractivity contribution in [2.45, 2.75) is 45.3 Å². The molecule has 31 heavy (non-hydrogen) atoms. The molecular weight excluding hydrogens is 414 g/mol. The van der Waals surface area contributed by atoms with Crippen LogP contribution < -0.4 is 4.74 Å². The van der Waals surface area contributed by atoms with Crippen LogP contribution in [0.5, 0.6) is 5.88 Å². The van der Waals surface area contributed by atoms with Gasteiger partial charge in [0.1, 0.15) is 18.8 Å². The Morgan fingerprint density at radius 1 is 1.13 bits per heavy atom. The third kappa shape index (κ3) is 4.53. The van der Waals surface area contributed by atoms with Gasteiger partial charge in [-0.2, -0.15) is 15.2 Å². The van der Waals surface area contributed by atoms with Crippen LogP contribution in [0.4, 0.5) is 0 Å². The third-order valence-corrected chi connectivity index (χ3v) is 4.30. The fourth-order valence-corrected chi connectivity index (χ4v) is 3.19. The second-order valence-corrected chi connectivity index (χ2v) is 6.51. The Morgan fingerprint density at radius 2 is 1.81 bits per heavy atom. The van der Waals surface area contributed by atoms with E-state index in [0.29, 0.717) is 0 Å². The van der Waals surface area contributed by atoms with Gasteiger partial charge < -0.3 is 23.7 Å². The minimum atomic E-state index is -1.12. The Labute approximate surface area is 175 Å². The van der Waals surface area contributed by atoms with E-state index >= 15 is 0 Å². The first-order chi connectivity index (χ1) is 14.7. The monoisotopic (exact) mass is 433 g/mol. The van der Waals surface area contributed by atoms with Crippen molar-refractivity contribution >= 4 is 29.1 Å². The van der Waals surface area contributed by atoms with E-state index in [1.54, 1.807) is 0 Å². The Bertz CT molecular complexity index is 1060. The Kier molecular flexibility index (Phi) is 6.30. The summed E-state index contributed by atoms with van der Waals surface area (Å²) in [5.74, 6) is -1.98. The summed E-state index contributed by atoms with van der Waals surface area (Å²) in [5.41, 5.74) is 0.402. The Hall–Kier alpha value is -3.79. The molecule has 0 unspecified atom stereocenters. The first kappa shape index (κ1) is 21.9. The van der Waals surface area contributed by atoms with Gasteiger partial charge in [0, 0.05) is 20.8 Å². The molecule has 0 aliphatic carbocycles. The number of nitriles is 1. The lowest BCUT2D eigenvalue weighted by atomic mass is 10.1. The number of hydrogen-bond acceptors (Lipinski definition) is 12. The molecule has 0 amide bonds. The van der Waals surface area contributed by atoms with E-state index in [1.807, 2.05) is 6.07 Å². The number of esters is 3. The molecule has 3 rings (SSSR count). The summed E-state index contributed by atoms with van der Waals surface area (Å²) in [4.78, 5) is 47.0. The molecule has 13 heteroatoms. The van der Waals surface area contributed by atoms with Crippen molar-refractivity contribution in [2.75, 3.05) is 13.7 Å². The van der Waals surface area contributed by atoms with Crippen molar-refractivity contribution in [1.82, 2.24) is 19.5 Å². The van der Waals surface area contributed by atoms with Crippen LogP contribution in [0, 0.1) is 11.3 Å². The summed E-state index contributed by atoms with van der Waals surface area (Å²) in [7, 11) is 1.36. The Balaban J connectivity index is 2.08. The molecule has 2 aromatic heterocycles. The molecule has 1 aliphatic rings. The molecule has 0 bridgehead atoms. The standard InChI is InChI=1S/C18H19N5O8/c1-8(24)28-6-11-14(29-9(2)25)15(30-10(3)26)18(31-11)23-7-20-13-16(23)21-12(5-19)22-17(13)27-4/h7,11,14-15,18H,6H2,1-4H3/t11-,14-,15-,18-/m1/s1. The Morgan fingerprint density at radius 3 is 2.39 bits per heavy atom. The lowest BCUT2D eigenvalue weighted by Crippen LogP contribution is -2.40. The van der Waals surface area contributed by atoms with E-state index in [4.69, 9.17) is 23.7 Å². The van der Waals surface area contributed by atoms with E-state index in [0.717, 1.165) is 0 Å². The van der Waals surface area contributed by atoms with Crippen LogP contribution in [-0.4, -0.2) is 69.5 Å². The first-order valence-electron chi connectivity index (χ1n) is 9.07. The number of ether oxygens (including phenoxy) is 5. The second kappa shape index (κ2) is 8.92. The van der Waals surface area contributed by atoms with Crippen LogP contribution in [0.25, 0.3) is 11.2 Å². The summed E-state index contributed by atoms with van der Waals surface area (Å²) >= 11 is 0. The fourth-order valence-electron chi connectivity index (χ4n) is 3.19. The summed E-state index contributed by atoms with van der Waals surface area (Å²) < 4.78 is 28.2. The van der Waals surface area contributed by atoms with Crippen LogP contribution in [-0.2, 0) is 33.3 Å². The maximum absolute atomic E-state index is 11.8. The quantitative estimate of drug-likeness (QED) is 0.444. The van der Waals surface area contributed by atoms with Crippen molar-refractivity contribution < 1.29 is 38.1 Å². The van der Waals surface area contributed by atoms with Gasteiger partial charge in [0.2, 0.25) is 11.7 Å². The summed E-state index contributed by atoms with van der Waals surface area (Å²) in [6.45, 7) is 3.33. The second-order valence-electron chi connectivity index (χ2n) is 6.51. The number of fused-ring (bicyclic) bond motifs is 1. The SMILES string of the molecule is COc1nc(C#N)nc2c1ncn2[C@@H]1O[C@H](COC(C)=O)[C@@H](OC(C)=O)[C@H]1OC(C)=O. The average molecular weight is 433 g/mol. The molecule has 0 radical (unpaired) electrons. The highest BCUT2D eigenvalue weighted by Gasteiger charge is 2.51. The van der Waals surface area contributed by atoms with Crippen molar-refractivity contribution in [3.05, 3.63) is 12.2 Å². The van der Waals surface area contributed by atoms with E-state index in [-0.39, 0.29) is 29.5 Å². The van der Waals surface area contributed by atoms with Gasteiger partial charge >= 0.3 is 17.9 Å². The molecule has 0 N–H and O–H groups in total. The predicted molar refractivity (Wildman–Crippen MR) is 98.2 cm³/mol. The van der Waals surface area contributed by atoms with Crippen LogP contribution in [0.1, 0.15) is 32.8 Å². The van der Waals surface area contributed by atoms with Gasteiger partial charge in [0.25, 0.3) is 0 Å². The van der Waals surface area contributed by atoms with Crippen molar-refractivity contribution in [3.63, 3.8) is 0 Å². The fraction of sp³-hybridized carbons (Fsp3) is 0.500. The van der Waals surface area contributed by atoms with Gasteiger partial charge in [-0.25, -0.2) is 4.98 Å². The van der Waals surface area contributed by atoms with Gasteiger partial charge in [0.05, 0.1) is 13.4 Å². The van der Waals surface area contributed by atoms with Crippen molar-refractivity contribution in [3.8, 4) is 11.9 Å². The molecular formula is C18H19N5O8. The number of nitrogens with zero attached hydrogens (tertiary/aromatic N) is 5. The molecule has 0 spiro atoms. The van der Waals surface area contributed by atoms with E-state index in [9.17, 15) is 19.6 Å². The van der Waals surface area contributed by atoms with Crippen molar-refractivity contribution in [2.24, 2.45) is 0 Å². The highest BCUT2D eigenvalue weighted by atomic mass is 16.7. The highest BCUT2D eigenvalue weighted by Crippen LogP contribution is 2.36. The minimum absolute atomic E-state index is 0.0651. The van der Waals surface area contributed by atoms with E-state index in [1.165, 1.54) is 38.8 Å². The minimum Gasteiger partial charge on any atom is -0.479 e. The maximum Gasteiger partial charge on any atom is 0.303 e. The van der Waals surface area contributed by atoms with Gasteiger partial charge in [-0.05, 0) is 0 Å². The topological polar surface area (TPSA) is 165 Å². The molecule has 1 fully saturated rings. The number of imidazole rings is 1. The average Bonchev–Trinajstić information content (AvgIpc) is 3.26. The first-order valence-corrected chi connectivity index (χ1v) is 9.07. The normalized spacial score (nSPS) is 22.5. The molecule has 164 valence electrons. The lowest BCUT2D eigenvalue weighted by Gasteiger charge is -2.23. The number of rotatable bonds is 6. The molecule has 3 heterocycles. The zero-order valence-electron chi connectivity index (χ0n) is 17.1. The lowest BCUT2D eigenvalue weighted by molar-refractivity contribution is -0.166. The van der Waals surface area contributed by atoms with Crippen LogP contribution in [0.3, 0.4) is 0 Å². The number of carbonyl (C=O) groups is 3. The number of carbonyl (C=O) groups excluding carboxylic acids is 3. The molecule has 0 saturated carbocycles. The predicted octanol–water partition coefficient (Wildman–Crippen LogP) is 0.0305. The number of methoxy groups -OCH3 is 1. The summed E-state index contributed by atoms with van der Waals surface area (Å²) in [5, 5.41) is 9.22. The van der Waals surface area contributed by atoms with Crippen LogP contribution >= 0.6 is 0 Å². The largest absolute Gasteiger partial charge is 0.479 e. The summed E-state index contributed by atoms with van der Waals surface area (Å²) in [6.07, 6.45) is -2.87.